The van der Waals surface area contributed by atoms with Gasteiger partial charge in [-0.05, 0) is 114 Å². The Labute approximate surface area is 375 Å². The smallest absolute Gasteiger partial charge is 0.505 e. The highest BCUT2D eigenvalue weighted by Crippen LogP contribution is 2.36. The molecule has 10 heteroatoms. The van der Waals surface area contributed by atoms with Crippen LogP contribution in [0.3, 0.4) is 0 Å². The Morgan fingerprint density at radius 3 is 1.53 bits per heavy atom. The van der Waals surface area contributed by atoms with Crippen molar-refractivity contribution in [3.8, 4) is 22.6 Å². The number of aromatic carboxylic acids is 1. The number of benzene rings is 6. The van der Waals surface area contributed by atoms with Crippen molar-refractivity contribution in [2.24, 2.45) is 0 Å². The van der Waals surface area contributed by atoms with Crippen molar-refractivity contribution in [3.63, 3.8) is 0 Å². The maximum Gasteiger partial charge on any atom is 0.796 e. The van der Waals surface area contributed by atoms with Gasteiger partial charge in [-0.3, -0.25) is 4.79 Å². The van der Waals surface area contributed by atoms with Gasteiger partial charge in [-0.25, -0.2) is 13.4 Å². The molecule has 0 aromatic heterocycles. The van der Waals surface area contributed by atoms with Crippen LogP contribution in [0.25, 0.3) is 29.0 Å². The zero-order valence-corrected chi connectivity index (χ0v) is 36.4. The van der Waals surface area contributed by atoms with E-state index in [9.17, 15) is 23.3 Å². The van der Waals surface area contributed by atoms with E-state index < -0.39 is 19.2 Å². The number of allylic oxidation sites excluding steroid dienone is 1. The van der Waals surface area contributed by atoms with Gasteiger partial charge >= 0.3 is 13.4 Å². The number of carboxylic acids is 1. The van der Waals surface area contributed by atoms with Gasteiger partial charge in [0, 0.05) is 34.3 Å². The number of rotatable bonds is 24. The van der Waals surface area contributed by atoms with E-state index in [-0.39, 0.29) is 16.9 Å². The first kappa shape index (κ1) is 46.6. The lowest BCUT2D eigenvalue weighted by molar-refractivity contribution is 0.0696. The highest BCUT2D eigenvalue weighted by Gasteiger charge is 2.22. The Kier molecular flexibility index (Phi) is 17.5. The van der Waals surface area contributed by atoms with Crippen LogP contribution >= 0.6 is 0 Å². The van der Waals surface area contributed by atoms with E-state index in [1.807, 2.05) is 48.6 Å². The third kappa shape index (κ3) is 13.8. The number of ketones is 1. The van der Waals surface area contributed by atoms with Crippen LogP contribution in [0.5, 0.6) is 11.5 Å². The SMILES string of the molecule is CCCCCCOc1ccc(N(c2ccc(/C=C/c3ccc(C(=O)/C=C(\OB(F)F)c4cccc(-c5ccc(C(=O)O)cc5)c4)cc3)cc2)c2ccc(OCCCCCC)cc2)cc1. The average molecular weight is 862 g/mol. The predicted octanol–water partition coefficient (Wildman–Crippen LogP) is 14.8. The van der Waals surface area contributed by atoms with Crippen molar-refractivity contribution < 1.29 is 37.5 Å². The second-order valence-electron chi connectivity index (χ2n) is 15.4. The summed E-state index contributed by atoms with van der Waals surface area (Å²) in [6.45, 7) is 5.80. The van der Waals surface area contributed by atoms with Crippen LogP contribution in [0, 0.1) is 0 Å². The molecular formula is C54H54BF2NO6. The summed E-state index contributed by atoms with van der Waals surface area (Å²) in [5.74, 6) is -0.151. The van der Waals surface area contributed by atoms with Gasteiger partial charge < -0.3 is 24.1 Å². The maximum atomic E-state index is 13.6. The molecule has 7 nitrogen and oxygen atoms in total. The minimum absolute atomic E-state index is 0.124. The van der Waals surface area contributed by atoms with Gasteiger partial charge in [-0.1, -0.05) is 131 Å². The van der Waals surface area contributed by atoms with Gasteiger partial charge in [0.05, 0.1) is 18.8 Å². The molecule has 0 saturated heterocycles. The van der Waals surface area contributed by atoms with Gasteiger partial charge in [0.15, 0.2) is 5.78 Å². The molecule has 0 heterocycles. The standard InChI is InChI=1S/C54H54BF2NO6/c1-3-5-7-9-36-62-50-32-28-48(29-33-50)58(49-30-34-51(35-31-49)63-37-10-8-6-4-2)47-26-18-41(19-27-47)15-14-40-16-20-43(21-17-40)52(59)39-53(64-55(56)57)46-13-11-12-45(38-46)42-22-24-44(25-23-42)54(60)61/h11-35,38-39H,3-10,36-37H2,1-2H3,(H,60,61)/b15-14+,53-39-. The predicted molar refractivity (Wildman–Crippen MR) is 256 cm³/mol. The number of hydrogen-bond donors (Lipinski definition) is 1. The monoisotopic (exact) mass is 861 g/mol. The van der Waals surface area contributed by atoms with E-state index in [1.54, 1.807) is 60.7 Å². The number of halogens is 2. The number of anilines is 3. The molecule has 0 aliphatic heterocycles. The van der Waals surface area contributed by atoms with Gasteiger partial charge in [0.25, 0.3) is 0 Å². The van der Waals surface area contributed by atoms with E-state index in [1.165, 1.54) is 37.8 Å². The molecule has 328 valence electrons. The van der Waals surface area contributed by atoms with Crippen LogP contribution in [-0.2, 0) is 4.65 Å². The van der Waals surface area contributed by atoms with Crippen LogP contribution in [0.2, 0.25) is 0 Å². The van der Waals surface area contributed by atoms with Crippen molar-refractivity contribution in [2.45, 2.75) is 65.2 Å². The van der Waals surface area contributed by atoms with Crippen LogP contribution < -0.4 is 14.4 Å². The lowest BCUT2D eigenvalue weighted by atomic mass is 10.00. The number of ether oxygens (including phenoxy) is 2. The Morgan fingerprint density at radius 1 is 0.562 bits per heavy atom. The highest BCUT2D eigenvalue weighted by molar-refractivity contribution is 6.36. The van der Waals surface area contributed by atoms with Gasteiger partial charge in [0.2, 0.25) is 0 Å². The van der Waals surface area contributed by atoms with E-state index in [4.69, 9.17) is 14.1 Å². The molecule has 0 bridgehead atoms. The number of hydrogen-bond acceptors (Lipinski definition) is 6. The zero-order valence-electron chi connectivity index (χ0n) is 36.4. The minimum atomic E-state index is -3.16. The zero-order chi connectivity index (χ0) is 45.1. The van der Waals surface area contributed by atoms with E-state index >= 15 is 0 Å². The fraction of sp³-hybridized carbons (Fsp3) is 0.222. The van der Waals surface area contributed by atoms with E-state index in [0.29, 0.717) is 29.9 Å². The molecule has 6 aromatic rings. The molecule has 6 rings (SSSR count). The van der Waals surface area contributed by atoms with Crippen molar-refractivity contribution in [2.75, 3.05) is 18.1 Å². The lowest BCUT2D eigenvalue weighted by Crippen LogP contribution is -2.10. The van der Waals surface area contributed by atoms with Crippen LogP contribution in [0.4, 0.5) is 25.7 Å². The summed E-state index contributed by atoms with van der Waals surface area (Å²) in [7, 11) is -3.16. The van der Waals surface area contributed by atoms with Crippen molar-refractivity contribution in [3.05, 3.63) is 179 Å². The molecule has 1 N–H and O–H groups in total. The number of nitrogens with zero attached hydrogens (tertiary/aromatic N) is 1. The molecule has 0 aliphatic rings. The summed E-state index contributed by atoms with van der Waals surface area (Å²) in [4.78, 5) is 26.8. The Balaban J connectivity index is 1.15. The fourth-order valence-electron chi connectivity index (χ4n) is 7.09. The first-order chi connectivity index (χ1) is 31.2. The molecule has 0 unspecified atom stereocenters. The normalized spacial score (nSPS) is 11.3. The van der Waals surface area contributed by atoms with Crippen LogP contribution in [0.15, 0.2) is 152 Å². The number of carbonyl (C=O) groups excluding carboxylic acids is 1. The third-order valence-electron chi connectivity index (χ3n) is 10.6. The summed E-state index contributed by atoms with van der Waals surface area (Å²) in [5, 5.41) is 9.23. The molecule has 0 aliphatic carbocycles. The second kappa shape index (κ2) is 24.1. The molecule has 64 heavy (non-hydrogen) atoms. The Hall–Kier alpha value is -6.94. The first-order valence-electron chi connectivity index (χ1n) is 22.0. The Morgan fingerprint density at radius 2 is 1.05 bits per heavy atom. The summed E-state index contributed by atoms with van der Waals surface area (Å²) in [6, 6.07) is 44.3. The van der Waals surface area contributed by atoms with Gasteiger partial charge in [-0.2, -0.15) is 0 Å². The lowest BCUT2D eigenvalue weighted by Gasteiger charge is -2.26. The quantitative estimate of drug-likeness (QED) is 0.0162. The third-order valence-corrected chi connectivity index (χ3v) is 10.6. The second-order valence-corrected chi connectivity index (χ2v) is 15.4. The molecule has 0 atom stereocenters. The maximum absolute atomic E-state index is 13.6. The molecule has 0 radical (unpaired) electrons. The molecular weight excluding hydrogens is 807 g/mol. The minimum Gasteiger partial charge on any atom is -0.505 e. The van der Waals surface area contributed by atoms with E-state index in [0.717, 1.165) is 71.4 Å². The van der Waals surface area contributed by atoms with Crippen molar-refractivity contribution in [1.29, 1.82) is 0 Å². The highest BCUT2D eigenvalue weighted by atomic mass is 19.2. The molecule has 6 aromatic carbocycles. The van der Waals surface area contributed by atoms with Crippen LogP contribution in [-0.4, -0.2) is 37.5 Å². The fourth-order valence-corrected chi connectivity index (χ4v) is 7.09. The Bertz CT molecular complexity index is 2390. The van der Waals surface area contributed by atoms with Crippen molar-refractivity contribution in [1.82, 2.24) is 0 Å². The summed E-state index contributed by atoms with van der Waals surface area (Å²) in [6.07, 6.45) is 14.2. The topological polar surface area (TPSA) is 85.3 Å². The summed E-state index contributed by atoms with van der Waals surface area (Å²) in [5.41, 5.74) is 6.79. The molecule has 0 amide bonds. The van der Waals surface area contributed by atoms with E-state index in [2.05, 4.69) is 55.1 Å². The summed E-state index contributed by atoms with van der Waals surface area (Å²) < 4.78 is 44.0. The number of unbranched alkanes of at least 4 members (excludes halogenated alkanes) is 6. The molecule has 0 saturated carbocycles. The molecule has 0 fully saturated rings. The average Bonchev–Trinajstić information content (AvgIpc) is 3.32. The largest absolute Gasteiger partial charge is 0.796 e. The van der Waals surface area contributed by atoms with Crippen molar-refractivity contribution >= 4 is 54.2 Å². The van der Waals surface area contributed by atoms with Crippen LogP contribution in [0.1, 0.15) is 103 Å². The number of carboxylic acid groups (broad SMARTS) is 1. The molecule has 0 spiro atoms. The number of carbonyl (C=O) groups is 2. The van der Waals surface area contributed by atoms with Gasteiger partial charge in [0.1, 0.15) is 17.3 Å². The van der Waals surface area contributed by atoms with Gasteiger partial charge in [-0.15, -0.1) is 0 Å². The first-order valence-corrected chi connectivity index (χ1v) is 22.0. The summed E-state index contributed by atoms with van der Waals surface area (Å²) >= 11 is 0.